The topological polar surface area (TPSA) is 74.5 Å². The molecule has 2 saturated heterocycles. The smallest absolute Gasteiger partial charge is 0.254 e. The Labute approximate surface area is 129 Å². The first-order valence-electron chi connectivity index (χ1n) is 7.35. The van der Waals surface area contributed by atoms with Crippen LogP contribution in [0.5, 0.6) is 0 Å². The van der Waals surface area contributed by atoms with Crippen LogP contribution in [0.15, 0.2) is 12.1 Å². The van der Waals surface area contributed by atoms with Crippen LogP contribution in [0.25, 0.3) is 0 Å². The van der Waals surface area contributed by atoms with E-state index < -0.39 is 0 Å². The molecule has 1 aromatic rings. The van der Waals surface area contributed by atoms with E-state index in [1.165, 1.54) is 12.8 Å². The highest BCUT2D eigenvalue weighted by Crippen LogP contribution is 2.23. The number of hydrogen-bond acceptors (Lipinski definition) is 5. The Kier molecular flexibility index (Phi) is 4.28. The lowest BCUT2D eigenvalue weighted by Crippen LogP contribution is -2.37. The van der Waals surface area contributed by atoms with Crippen molar-refractivity contribution in [1.29, 1.82) is 0 Å². The van der Waals surface area contributed by atoms with Crippen molar-refractivity contribution in [2.45, 2.75) is 25.3 Å². The quantitative estimate of drug-likeness (QED) is 0.500. The van der Waals surface area contributed by atoms with Gasteiger partial charge in [-0.25, -0.2) is 10.8 Å². The number of anilines is 1. The van der Waals surface area contributed by atoms with Crippen molar-refractivity contribution in [2.75, 3.05) is 31.6 Å². The normalized spacial score (nSPS) is 22.8. The summed E-state index contributed by atoms with van der Waals surface area (Å²) >= 11 is 5.93. The van der Waals surface area contributed by atoms with Crippen LogP contribution >= 0.6 is 11.6 Å². The van der Waals surface area contributed by atoms with Gasteiger partial charge in [0.05, 0.1) is 0 Å². The molecule has 0 radical (unpaired) electrons. The second-order valence-corrected chi connectivity index (χ2v) is 6.03. The predicted molar refractivity (Wildman–Crippen MR) is 82.2 cm³/mol. The zero-order valence-corrected chi connectivity index (χ0v) is 12.6. The minimum Gasteiger partial charge on any atom is -0.337 e. The van der Waals surface area contributed by atoms with Gasteiger partial charge in [0.25, 0.3) is 5.91 Å². The van der Waals surface area contributed by atoms with Crippen LogP contribution in [-0.2, 0) is 0 Å². The number of pyridine rings is 1. The molecule has 6 nitrogen and oxygen atoms in total. The van der Waals surface area contributed by atoms with Crippen LogP contribution in [0.1, 0.15) is 29.6 Å². The number of rotatable bonds is 3. The van der Waals surface area contributed by atoms with Gasteiger partial charge < -0.3 is 10.3 Å². The van der Waals surface area contributed by atoms with Gasteiger partial charge in [-0.05, 0) is 44.5 Å². The Hall–Kier alpha value is -1.37. The summed E-state index contributed by atoms with van der Waals surface area (Å²) in [6.45, 7) is 3.92. The van der Waals surface area contributed by atoms with Crippen LogP contribution in [0.2, 0.25) is 5.15 Å². The molecule has 0 bridgehead atoms. The maximum absolute atomic E-state index is 12.6. The first kappa shape index (κ1) is 14.6. The molecule has 2 fully saturated rings. The summed E-state index contributed by atoms with van der Waals surface area (Å²) in [5.41, 5.74) is 2.97. The Morgan fingerprint density at radius 3 is 2.81 bits per heavy atom. The van der Waals surface area contributed by atoms with Crippen LogP contribution in [0.3, 0.4) is 0 Å². The molecular formula is C14H20ClN5O. The van der Waals surface area contributed by atoms with E-state index in [-0.39, 0.29) is 11.1 Å². The molecule has 114 valence electrons. The van der Waals surface area contributed by atoms with Gasteiger partial charge in [0.15, 0.2) is 0 Å². The summed E-state index contributed by atoms with van der Waals surface area (Å²) in [5, 5.41) is 0.268. The average Bonchev–Trinajstić information content (AvgIpc) is 3.16. The first-order chi connectivity index (χ1) is 10.2. The summed E-state index contributed by atoms with van der Waals surface area (Å²) in [6, 6.07) is 3.73. The average molecular weight is 310 g/mol. The maximum Gasteiger partial charge on any atom is 0.254 e. The zero-order chi connectivity index (χ0) is 14.8. The lowest BCUT2D eigenvalue weighted by atomic mass is 10.2. The highest BCUT2D eigenvalue weighted by atomic mass is 35.5. The molecule has 0 aliphatic carbocycles. The zero-order valence-electron chi connectivity index (χ0n) is 11.9. The summed E-state index contributed by atoms with van der Waals surface area (Å²) < 4.78 is 0. The number of hydrazine groups is 1. The standard InChI is InChI=1S/C14H20ClN5O/c15-12-7-10(8-13(17-12)18-16)14(21)20-6-3-11(9-20)19-4-1-2-5-19/h7-8,11H,1-6,9,16H2,(H,17,18). The third kappa shape index (κ3) is 3.12. The number of nitrogens with zero attached hydrogens (tertiary/aromatic N) is 3. The van der Waals surface area contributed by atoms with E-state index in [1.807, 2.05) is 4.90 Å². The molecule has 7 heteroatoms. The fourth-order valence-corrected chi connectivity index (χ4v) is 3.42. The van der Waals surface area contributed by atoms with Crippen molar-refractivity contribution in [3.05, 3.63) is 22.8 Å². The molecule has 2 aliphatic rings. The fraction of sp³-hybridized carbons (Fsp3) is 0.571. The third-order valence-electron chi connectivity index (χ3n) is 4.30. The molecular weight excluding hydrogens is 290 g/mol. The van der Waals surface area contributed by atoms with Crippen molar-refractivity contribution in [1.82, 2.24) is 14.8 Å². The van der Waals surface area contributed by atoms with E-state index >= 15 is 0 Å². The van der Waals surface area contributed by atoms with Crippen molar-refractivity contribution >= 4 is 23.3 Å². The monoisotopic (exact) mass is 309 g/mol. The third-order valence-corrected chi connectivity index (χ3v) is 4.49. The summed E-state index contributed by atoms with van der Waals surface area (Å²) in [4.78, 5) is 21.0. The van der Waals surface area contributed by atoms with E-state index in [1.54, 1.807) is 12.1 Å². The number of carbonyl (C=O) groups is 1. The lowest BCUT2D eigenvalue weighted by Gasteiger charge is -2.23. The Morgan fingerprint density at radius 2 is 2.10 bits per heavy atom. The summed E-state index contributed by atoms with van der Waals surface area (Å²) in [5.74, 6) is 5.74. The van der Waals surface area contributed by atoms with Gasteiger partial charge in [-0.15, -0.1) is 0 Å². The van der Waals surface area contributed by atoms with Crippen molar-refractivity contribution in [2.24, 2.45) is 5.84 Å². The highest BCUT2D eigenvalue weighted by molar-refractivity contribution is 6.29. The number of hydrogen-bond donors (Lipinski definition) is 2. The van der Waals surface area contributed by atoms with E-state index in [9.17, 15) is 4.79 Å². The van der Waals surface area contributed by atoms with Gasteiger partial charge in [0.2, 0.25) is 0 Å². The second-order valence-electron chi connectivity index (χ2n) is 5.64. The van der Waals surface area contributed by atoms with Crippen LogP contribution < -0.4 is 11.3 Å². The molecule has 3 N–H and O–H groups in total. The molecule has 3 rings (SSSR count). The lowest BCUT2D eigenvalue weighted by molar-refractivity contribution is 0.0780. The van der Waals surface area contributed by atoms with Gasteiger partial charge in [0.1, 0.15) is 11.0 Å². The molecule has 1 amide bonds. The van der Waals surface area contributed by atoms with Gasteiger partial charge >= 0.3 is 0 Å². The number of halogens is 1. The molecule has 3 heterocycles. The van der Waals surface area contributed by atoms with Crippen LogP contribution in [0.4, 0.5) is 5.82 Å². The van der Waals surface area contributed by atoms with Crippen molar-refractivity contribution < 1.29 is 4.79 Å². The molecule has 1 aromatic heterocycles. The molecule has 1 unspecified atom stereocenters. The first-order valence-corrected chi connectivity index (χ1v) is 7.72. The minimum atomic E-state index is -0.00232. The Morgan fingerprint density at radius 1 is 1.33 bits per heavy atom. The predicted octanol–water partition coefficient (Wildman–Crippen LogP) is 1.33. The number of nitrogen functional groups attached to an aromatic ring is 1. The number of likely N-dealkylation sites (tertiary alicyclic amines) is 2. The Balaban J connectivity index is 1.69. The van der Waals surface area contributed by atoms with Gasteiger partial charge in [-0.1, -0.05) is 11.6 Å². The van der Waals surface area contributed by atoms with Crippen LogP contribution in [-0.4, -0.2) is 52.9 Å². The van der Waals surface area contributed by atoms with Crippen molar-refractivity contribution in [3.8, 4) is 0 Å². The highest BCUT2D eigenvalue weighted by Gasteiger charge is 2.32. The Bertz CT molecular complexity index is 532. The molecule has 0 saturated carbocycles. The number of aromatic nitrogens is 1. The van der Waals surface area contributed by atoms with E-state index in [0.29, 0.717) is 17.4 Å². The fourth-order valence-electron chi connectivity index (χ4n) is 3.21. The van der Waals surface area contributed by atoms with Crippen molar-refractivity contribution in [3.63, 3.8) is 0 Å². The largest absolute Gasteiger partial charge is 0.337 e. The van der Waals surface area contributed by atoms with Gasteiger partial charge in [-0.2, -0.15) is 0 Å². The molecule has 2 aliphatic heterocycles. The summed E-state index contributed by atoms with van der Waals surface area (Å²) in [7, 11) is 0. The maximum atomic E-state index is 12.6. The van der Waals surface area contributed by atoms with E-state index in [2.05, 4.69) is 15.3 Å². The SMILES string of the molecule is NNc1cc(C(=O)N2CCC(N3CCCC3)C2)cc(Cl)n1. The van der Waals surface area contributed by atoms with E-state index in [0.717, 1.165) is 32.6 Å². The number of nitrogens with one attached hydrogen (secondary N) is 1. The minimum absolute atomic E-state index is 0.00232. The number of carbonyl (C=O) groups excluding carboxylic acids is 1. The number of amides is 1. The van der Waals surface area contributed by atoms with Gasteiger partial charge in [-0.3, -0.25) is 9.69 Å². The molecule has 1 atom stereocenters. The molecule has 0 spiro atoms. The number of nitrogens with two attached hydrogens (primary N) is 1. The second kappa shape index (κ2) is 6.17. The van der Waals surface area contributed by atoms with Crippen LogP contribution in [0, 0.1) is 0 Å². The molecule has 0 aromatic carbocycles. The van der Waals surface area contributed by atoms with Gasteiger partial charge in [0, 0.05) is 24.7 Å². The summed E-state index contributed by atoms with van der Waals surface area (Å²) in [6.07, 6.45) is 3.60. The van der Waals surface area contributed by atoms with E-state index in [4.69, 9.17) is 17.4 Å². The molecule has 21 heavy (non-hydrogen) atoms.